The molecule has 114 valence electrons. The predicted octanol–water partition coefficient (Wildman–Crippen LogP) is -0.222. The summed E-state index contributed by atoms with van der Waals surface area (Å²) >= 11 is 0. The fourth-order valence-corrected chi connectivity index (χ4v) is 2.31. The lowest BCUT2D eigenvalue weighted by molar-refractivity contribution is -0.130. The standard InChI is InChI=1S/C11H15N5O5/c1-6-4-16(10(19)13-9(6)18)8-3-7(20-2)11(5-17,21-8)14-15-12/h4,7-8,17H,3,5H2,1-2H3,(H,13,18,19)/t7-,8+,11?/m0/s1. The molecular weight excluding hydrogens is 282 g/mol. The zero-order chi connectivity index (χ0) is 15.6. The van der Waals surface area contributed by atoms with Gasteiger partial charge in [0.15, 0.2) is 5.72 Å². The van der Waals surface area contributed by atoms with E-state index in [9.17, 15) is 14.7 Å². The quantitative estimate of drug-likeness (QED) is 0.448. The van der Waals surface area contributed by atoms with Crippen LogP contribution in [-0.2, 0) is 9.47 Å². The number of azide groups is 1. The number of rotatable bonds is 4. The molecule has 1 aliphatic rings. The van der Waals surface area contributed by atoms with Crippen LogP contribution < -0.4 is 11.2 Å². The number of hydrogen-bond donors (Lipinski definition) is 2. The Balaban J connectivity index is 2.45. The van der Waals surface area contributed by atoms with E-state index >= 15 is 0 Å². The number of aliphatic hydroxyl groups is 1. The molecule has 10 nitrogen and oxygen atoms in total. The van der Waals surface area contributed by atoms with E-state index in [2.05, 4.69) is 15.0 Å². The van der Waals surface area contributed by atoms with Gasteiger partial charge in [-0.2, -0.15) is 0 Å². The molecule has 1 aliphatic heterocycles. The number of hydrogen-bond acceptors (Lipinski definition) is 6. The van der Waals surface area contributed by atoms with Gasteiger partial charge in [-0.3, -0.25) is 14.3 Å². The Kier molecular flexibility index (Phi) is 4.14. The van der Waals surface area contributed by atoms with Crippen molar-refractivity contribution in [2.45, 2.75) is 31.4 Å². The third-order valence-corrected chi connectivity index (χ3v) is 3.44. The van der Waals surface area contributed by atoms with Gasteiger partial charge in [0.2, 0.25) is 0 Å². The summed E-state index contributed by atoms with van der Waals surface area (Å²) in [6.07, 6.45) is -0.0120. The summed E-state index contributed by atoms with van der Waals surface area (Å²) in [6.45, 7) is 0.952. The van der Waals surface area contributed by atoms with Crippen LogP contribution in [0.4, 0.5) is 0 Å². The molecular formula is C11H15N5O5. The van der Waals surface area contributed by atoms with Gasteiger partial charge in [-0.15, -0.1) is 0 Å². The lowest BCUT2D eigenvalue weighted by Gasteiger charge is -2.26. The van der Waals surface area contributed by atoms with Crippen molar-refractivity contribution in [3.8, 4) is 0 Å². The maximum Gasteiger partial charge on any atom is 0.330 e. The molecule has 0 radical (unpaired) electrons. The Hall–Kier alpha value is -2.13. The first-order valence-electron chi connectivity index (χ1n) is 6.17. The molecule has 21 heavy (non-hydrogen) atoms. The van der Waals surface area contributed by atoms with Crippen molar-refractivity contribution < 1.29 is 14.6 Å². The Morgan fingerprint density at radius 1 is 1.71 bits per heavy atom. The topological polar surface area (TPSA) is 142 Å². The van der Waals surface area contributed by atoms with Crippen molar-refractivity contribution in [1.29, 1.82) is 0 Å². The van der Waals surface area contributed by atoms with Gasteiger partial charge in [0.05, 0.1) is 12.7 Å². The SMILES string of the molecule is CO[C@H]1C[C@H](n2cc(C)c(=O)[nH]c2=O)OC1(CO)N=[N+]=[N-]. The molecule has 0 aliphatic carbocycles. The second kappa shape index (κ2) is 5.70. The summed E-state index contributed by atoms with van der Waals surface area (Å²) in [4.78, 5) is 28.0. The molecule has 2 rings (SSSR count). The lowest BCUT2D eigenvalue weighted by Crippen LogP contribution is -2.42. The van der Waals surface area contributed by atoms with Crippen molar-refractivity contribution in [3.05, 3.63) is 43.0 Å². The highest BCUT2D eigenvalue weighted by atomic mass is 16.6. The Morgan fingerprint density at radius 2 is 2.43 bits per heavy atom. The van der Waals surface area contributed by atoms with Crippen LogP contribution in [0.5, 0.6) is 0 Å². The average molecular weight is 297 g/mol. The zero-order valence-corrected chi connectivity index (χ0v) is 11.5. The number of aromatic nitrogens is 2. The molecule has 1 unspecified atom stereocenters. The van der Waals surface area contributed by atoms with Gasteiger partial charge in [0, 0.05) is 30.2 Å². The molecule has 0 saturated carbocycles. The highest BCUT2D eigenvalue weighted by Gasteiger charge is 2.49. The normalized spacial score (nSPS) is 28.3. The third kappa shape index (κ3) is 2.57. The molecule has 1 saturated heterocycles. The Labute approximate surface area is 118 Å². The third-order valence-electron chi connectivity index (χ3n) is 3.44. The highest BCUT2D eigenvalue weighted by Crippen LogP contribution is 2.38. The first-order valence-corrected chi connectivity index (χ1v) is 6.17. The van der Waals surface area contributed by atoms with Crippen molar-refractivity contribution in [3.63, 3.8) is 0 Å². The molecule has 0 spiro atoms. The van der Waals surface area contributed by atoms with Crippen LogP contribution in [0.3, 0.4) is 0 Å². The molecule has 0 amide bonds. The summed E-state index contributed by atoms with van der Waals surface area (Å²) < 4.78 is 11.9. The molecule has 3 atom stereocenters. The molecule has 1 aromatic rings. The van der Waals surface area contributed by atoms with E-state index in [0.717, 1.165) is 0 Å². The van der Waals surface area contributed by atoms with Gasteiger partial charge >= 0.3 is 5.69 Å². The van der Waals surface area contributed by atoms with Crippen LogP contribution >= 0.6 is 0 Å². The first-order chi connectivity index (χ1) is 9.97. The van der Waals surface area contributed by atoms with Crippen LogP contribution in [0, 0.1) is 6.92 Å². The molecule has 0 bridgehead atoms. The van der Waals surface area contributed by atoms with E-state index < -0.39 is 35.9 Å². The van der Waals surface area contributed by atoms with Crippen molar-refractivity contribution in [2.75, 3.05) is 13.7 Å². The van der Waals surface area contributed by atoms with Crippen LogP contribution in [0.25, 0.3) is 10.4 Å². The maximum atomic E-state index is 11.9. The van der Waals surface area contributed by atoms with E-state index in [0.29, 0.717) is 5.56 Å². The fraction of sp³-hybridized carbons (Fsp3) is 0.636. The maximum absolute atomic E-state index is 11.9. The van der Waals surface area contributed by atoms with Crippen molar-refractivity contribution in [1.82, 2.24) is 9.55 Å². The molecule has 10 heteroatoms. The minimum atomic E-state index is -1.60. The van der Waals surface area contributed by atoms with Crippen LogP contribution in [0.1, 0.15) is 18.2 Å². The smallest absolute Gasteiger partial charge is 0.330 e. The van der Waals surface area contributed by atoms with Crippen molar-refractivity contribution >= 4 is 0 Å². The lowest BCUT2D eigenvalue weighted by atomic mass is 10.1. The molecule has 1 aromatic heterocycles. The summed E-state index contributed by atoms with van der Waals surface area (Å²) in [5.74, 6) is 0. The van der Waals surface area contributed by atoms with Gasteiger partial charge < -0.3 is 14.6 Å². The summed E-state index contributed by atoms with van der Waals surface area (Å²) in [6, 6.07) is 0. The average Bonchev–Trinajstić information content (AvgIpc) is 2.82. The Bertz CT molecular complexity index is 691. The van der Waals surface area contributed by atoms with E-state index in [-0.39, 0.29) is 6.42 Å². The fourth-order valence-electron chi connectivity index (χ4n) is 2.31. The number of methoxy groups -OCH3 is 1. The molecule has 2 N–H and O–H groups in total. The number of aryl methyl sites for hydroxylation is 1. The van der Waals surface area contributed by atoms with E-state index in [1.54, 1.807) is 6.92 Å². The van der Waals surface area contributed by atoms with Crippen LogP contribution in [0.2, 0.25) is 0 Å². The van der Waals surface area contributed by atoms with Crippen molar-refractivity contribution in [2.24, 2.45) is 5.11 Å². The number of aromatic amines is 1. The van der Waals surface area contributed by atoms with E-state index in [4.69, 9.17) is 15.0 Å². The van der Waals surface area contributed by atoms with E-state index in [1.807, 2.05) is 0 Å². The molecule has 0 aromatic carbocycles. The zero-order valence-electron chi connectivity index (χ0n) is 11.5. The minimum absolute atomic E-state index is 0.182. The van der Waals surface area contributed by atoms with Gasteiger partial charge in [-0.1, -0.05) is 5.11 Å². The van der Waals surface area contributed by atoms with Gasteiger partial charge in [-0.05, 0) is 12.5 Å². The highest BCUT2D eigenvalue weighted by molar-refractivity contribution is 5.03. The number of nitrogens with one attached hydrogen (secondary N) is 1. The van der Waals surface area contributed by atoms with E-state index in [1.165, 1.54) is 17.9 Å². The second-order valence-corrected chi connectivity index (χ2v) is 4.70. The molecule has 1 fully saturated rings. The van der Waals surface area contributed by atoms with Crippen LogP contribution in [-0.4, -0.2) is 40.2 Å². The Morgan fingerprint density at radius 3 is 3.00 bits per heavy atom. The monoisotopic (exact) mass is 297 g/mol. The largest absolute Gasteiger partial charge is 0.393 e. The van der Waals surface area contributed by atoms with Gasteiger partial charge in [0.1, 0.15) is 6.23 Å². The number of ether oxygens (including phenoxy) is 2. The van der Waals surface area contributed by atoms with Gasteiger partial charge in [-0.25, -0.2) is 4.79 Å². The summed E-state index contributed by atoms with van der Waals surface area (Å²) in [7, 11) is 1.38. The number of nitrogens with zero attached hydrogens (tertiary/aromatic N) is 4. The number of aliphatic hydroxyl groups excluding tert-OH is 1. The van der Waals surface area contributed by atoms with Crippen LogP contribution in [0.15, 0.2) is 20.9 Å². The minimum Gasteiger partial charge on any atom is -0.393 e. The first kappa shape index (κ1) is 15.3. The summed E-state index contributed by atoms with van der Waals surface area (Å²) in [5.41, 5.74) is 6.22. The summed E-state index contributed by atoms with van der Waals surface area (Å²) in [5, 5.41) is 12.9. The molecule has 2 heterocycles. The predicted molar refractivity (Wildman–Crippen MR) is 70.6 cm³/mol. The number of H-pyrrole nitrogens is 1. The second-order valence-electron chi connectivity index (χ2n) is 4.70. The van der Waals surface area contributed by atoms with Gasteiger partial charge in [0.25, 0.3) is 5.56 Å².